The first-order chi connectivity index (χ1) is 9.60. The summed E-state index contributed by atoms with van der Waals surface area (Å²) >= 11 is 3.49. The van der Waals surface area contributed by atoms with E-state index in [9.17, 15) is 4.39 Å². The molecule has 1 atom stereocenters. The molecule has 1 unspecified atom stereocenters. The normalized spacial score (nSPS) is 12.4. The summed E-state index contributed by atoms with van der Waals surface area (Å²) in [6.07, 6.45) is 0.843. The molecule has 0 amide bonds. The second-order valence-electron chi connectivity index (χ2n) is 4.95. The molecule has 0 aliphatic heterocycles. The monoisotopic (exact) mass is 335 g/mol. The average molecular weight is 336 g/mol. The Labute approximate surface area is 128 Å². The molecule has 0 fully saturated rings. The SMILES string of the molecule is CCNC(Cc1cccc(Br)c1)c1ccc(C)c(F)c1. The van der Waals surface area contributed by atoms with Crippen molar-refractivity contribution in [1.82, 2.24) is 5.32 Å². The number of benzene rings is 2. The average Bonchev–Trinajstić information content (AvgIpc) is 2.41. The van der Waals surface area contributed by atoms with Crippen molar-refractivity contribution < 1.29 is 4.39 Å². The predicted molar refractivity (Wildman–Crippen MR) is 85.4 cm³/mol. The van der Waals surface area contributed by atoms with E-state index in [0.717, 1.165) is 23.0 Å². The van der Waals surface area contributed by atoms with Gasteiger partial charge in [-0.05, 0) is 54.8 Å². The fourth-order valence-electron chi connectivity index (χ4n) is 2.28. The molecule has 2 rings (SSSR count). The summed E-state index contributed by atoms with van der Waals surface area (Å²) in [4.78, 5) is 0. The van der Waals surface area contributed by atoms with Crippen molar-refractivity contribution in [2.45, 2.75) is 26.3 Å². The van der Waals surface area contributed by atoms with Crippen LogP contribution in [0.15, 0.2) is 46.9 Å². The molecule has 2 aromatic rings. The molecule has 0 heterocycles. The highest BCUT2D eigenvalue weighted by Gasteiger charge is 2.13. The first kappa shape index (κ1) is 15.2. The lowest BCUT2D eigenvalue weighted by Crippen LogP contribution is -2.23. The minimum atomic E-state index is -0.139. The lowest BCUT2D eigenvalue weighted by molar-refractivity contribution is 0.541. The Morgan fingerprint density at radius 3 is 2.65 bits per heavy atom. The number of nitrogens with one attached hydrogen (secondary N) is 1. The van der Waals surface area contributed by atoms with Gasteiger partial charge in [-0.3, -0.25) is 0 Å². The van der Waals surface area contributed by atoms with Gasteiger partial charge >= 0.3 is 0 Å². The zero-order valence-corrected chi connectivity index (χ0v) is 13.4. The Bertz CT molecular complexity index is 583. The van der Waals surface area contributed by atoms with Crippen LogP contribution in [0.4, 0.5) is 4.39 Å². The van der Waals surface area contributed by atoms with Crippen LogP contribution in [0.25, 0.3) is 0 Å². The third-order valence-electron chi connectivity index (χ3n) is 3.38. The fraction of sp³-hybridized carbons (Fsp3) is 0.294. The number of aryl methyl sites for hydroxylation is 1. The van der Waals surface area contributed by atoms with Gasteiger partial charge in [0.15, 0.2) is 0 Å². The highest BCUT2D eigenvalue weighted by molar-refractivity contribution is 9.10. The number of likely N-dealkylation sites (N-methyl/N-ethyl adjacent to an activating group) is 1. The Morgan fingerprint density at radius 2 is 2.00 bits per heavy atom. The zero-order valence-electron chi connectivity index (χ0n) is 11.8. The molecule has 20 heavy (non-hydrogen) atoms. The first-order valence-corrected chi connectivity index (χ1v) is 7.63. The maximum atomic E-state index is 13.7. The molecule has 0 bridgehead atoms. The Balaban J connectivity index is 2.24. The smallest absolute Gasteiger partial charge is 0.126 e. The van der Waals surface area contributed by atoms with E-state index in [1.54, 1.807) is 13.0 Å². The van der Waals surface area contributed by atoms with E-state index in [0.29, 0.717) is 5.56 Å². The van der Waals surface area contributed by atoms with E-state index in [2.05, 4.69) is 40.3 Å². The van der Waals surface area contributed by atoms with Gasteiger partial charge in [-0.1, -0.05) is 47.1 Å². The third-order valence-corrected chi connectivity index (χ3v) is 3.87. The molecule has 2 aromatic carbocycles. The minimum absolute atomic E-state index is 0.129. The summed E-state index contributed by atoms with van der Waals surface area (Å²) in [5.41, 5.74) is 2.91. The molecule has 0 spiro atoms. The van der Waals surface area contributed by atoms with E-state index in [1.807, 2.05) is 24.3 Å². The van der Waals surface area contributed by atoms with Gasteiger partial charge in [0.2, 0.25) is 0 Å². The van der Waals surface area contributed by atoms with Crippen molar-refractivity contribution in [1.29, 1.82) is 0 Å². The Kier molecular flexibility index (Phi) is 5.32. The largest absolute Gasteiger partial charge is 0.310 e. The molecule has 3 heteroatoms. The van der Waals surface area contributed by atoms with Crippen molar-refractivity contribution in [3.8, 4) is 0 Å². The second-order valence-corrected chi connectivity index (χ2v) is 5.87. The van der Waals surface area contributed by atoms with Crippen molar-refractivity contribution >= 4 is 15.9 Å². The summed E-state index contributed by atoms with van der Waals surface area (Å²) in [6.45, 7) is 4.71. The molecule has 0 saturated carbocycles. The number of hydrogen-bond donors (Lipinski definition) is 1. The van der Waals surface area contributed by atoms with E-state index < -0.39 is 0 Å². The van der Waals surface area contributed by atoms with Crippen LogP contribution in [-0.2, 0) is 6.42 Å². The first-order valence-electron chi connectivity index (χ1n) is 6.84. The number of rotatable bonds is 5. The highest BCUT2D eigenvalue weighted by atomic mass is 79.9. The third kappa shape index (κ3) is 3.90. The quantitative estimate of drug-likeness (QED) is 0.828. The van der Waals surface area contributed by atoms with Crippen LogP contribution in [0.2, 0.25) is 0 Å². The lowest BCUT2D eigenvalue weighted by Gasteiger charge is -2.19. The van der Waals surface area contributed by atoms with Crippen LogP contribution in [0.1, 0.15) is 29.7 Å². The maximum absolute atomic E-state index is 13.7. The molecule has 0 aliphatic rings. The molecule has 0 aromatic heterocycles. The van der Waals surface area contributed by atoms with Gasteiger partial charge < -0.3 is 5.32 Å². The van der Waals surface area contributed by atoms with Gasteiger partial charge in [-0.2, -0.15) is 0 Å². The standard InChI is InChI=1S/C17H19BrFN/c1-3-20-17(10-13-5-4-6-15(18)9-13)14-8-7-12(2)16(19)11-14/h4-9,11,17,20H,3,10H2,1-2H3. The summed E-state index contributed by atoms with van der Waals surface area (Å²) in [6, 6.07) is 13.9. The van der Waals surface area contributed by atoms with Crippen LogP contribution in [0.3, 0.4) is 0 Å². The predicted octanol–water partition coefficient (Wildman–Crippen LogP) is 4.79. The summed E-state index contributed by atoms with van der Waals surface area (Å²) in [7, 11) is 0. The molecule has 1 nitrogen and oxygen atoms in total. The second kappa shape index (κ2) is 7.00. The van der Waals surface area contributed by atoms with Gasteiger partial charge in [0.25, 0.3) is 0 Å². The Hall–Kier alpha value is -1.19. The molecule has 0 aliphatic carbocycles. The zero-order chi connectivity index (χ0) is 14.5. The van der Waals surface area contributed by atoms with Crippen molar-refractivity contribution in [2.75, 3.05) is 6.54 Å². The van der Waals surface area contributed by atoms with Gasteiger partial charge in [0.1, 0.15) is 5.82 Å². The van der Waals surface area contributed by atoms with Crippen molar-refractivity contribution in [3.63, 3.8) is 0 Å². The van der Waals surface area contributed by atoms with E-state index in [-0.39, 0.29) is 11.9 Å². The Morgan fingerprint density at radius 1 is 1.20 bits per heavy atom. The topological polar surface area (TPSA) is 12.0 Å². The van der Waals surface area contributed by atoms with Gasteiger partial charge in [0.05, 0.1) is 0 Å². The van der Waals surface area contributed by atoms with E-state index in [1.165, 1.54) is 5.56 Å². The molecule has 1 N–H and O–H groups in total. The van der Waals surface area contributed by atoms with E-state index in [4.69, 9.17) is 0 Å². The number of halogens is 2. The van der Waals surface area contributed by atoms with Crippen LogP contribution < -0.4 is 5.32 Å². The van der Waals surface area contributed by atoms with Gasteiger partial charge in [0, 0.05) is 10.5 Å². The van der Waals surface area contributed by atoms with Crippen LogP contribution >= 0.6 is 15.9 Å². The molecular weight excluding hydrogens is 317 g/mol. The minimum Gasteiger partial charge on any atom is -0.310 e. The molecular formula is C17H19BrFN. The van der Waals surface area contributed by atoms with Crippen LogP contribution in [0.5, 0.6) is 0 Å². The molecule has 0 saturated heterocycles. The maximum Gasteiger partial charge on any atom is 0.126 e. The van der Waals surface area contributed by atoms with Crippen molar-refractivity contribution in [3.05, 3.63) is 69.4 Å². The van der Waals surface area contributed by atoms with Crippen LogP contribution in [-0.4, -0.2) is 6.54 Å². The lowest BCUT2D eigenvalue weighted by atomic mass is 9.98. The van der Waals surface area contributed by atoms with Crippen molar-refractivity contribution in [2.24, 2.45) is 0 Å². The van der Waals surface area contributed by atoms with Gasteiger partial charge in [-0.25, -0.2) is 4.39 Å². The molecule has 106 valence electrons. The molecule has 0 radical (unpaired) electrons. The summed E-state index contributed by atoms with van der Waals surface area (Å²) < 4.78 is 14.8. The number of hydrogen-bond acceptors (Lipinski definition) is 1. The van der Waals surface area contributed by atoms with E-state index >= 15 is 0 Å². The van der Waals surface area contributed by atoms with Crippen LogP contribution in [0, 0.1) is 12.7 Å². The fourth-order valence-corrected chi connectivity index (χ4v) is 2.73. The summed E-state index contributed by atoms with van der Waals surface area (Å²) in [5.74, 6) is -0.139. The summed E-state index contributed by atoms with van der Waals surface area (Å²) in [5, 5.41) is 3.43. The van der Waals surface area contributed by atoms with Gasteiger partial charge in [-0.15, -0.1) is 0 Å². The highest BCUT2D eigenvalue weighted by Crippen LogP contribution is 2.22.